The summed E-state index contributed by atoms with van der Waals surface area (Å²) in [5.74, 6) is -0.00210. The highest BCUT2D eigenvalue weighted by Crippen LogP contribution is 2.68. The number of rotatable bonds is 2. The van der Waals surface area contributed by atoms with E-state index >= 15 is 4.39 Å². The molecule has 0 aromatic heterocycles. The second-order valence-electron chi connectivity index (χ2n) is 11.1. The monoisotopic (exact) mass is 394 g/mol. The average molecular weight is 395 g/mol. The Labute approximate surface area is 163 Å². The molecule has 1 N–H and O–H groups in total. The van der Waals surface area contributed by atoms with Crippen molar-refractivity contribution in [3.8, 4) is 0 Å². The number of carbonyl (C=O) groups excluding carboxylic acids is 1. The number of fused-ring (bicyclic) bond motifs is 5. The fourth-order valence-corrected chi connectivity index (χ4v) is 8.56. The lowest BCUT2D eigenvalue weighted by Crippen LogP contribution is -2.58. The number of hydrogen-bond donors (Lipinski definition) is 1. The van der Waals surface area contributed by atoms with Gasteiger partial charge in [-0.3, -0.25) is 4.79 Å². The maximum atomic E-state index is 15.2. The van der Waals surface area contributed by atoms with E-state index in [-0.39, 0.29) is 22.5 Å². The Bertz CT molecular complexity index is 686. The molecule has 5 heteroatoms. The molecule has 0 bridgehead atoms. The first-order chi connectivity index (χ1) is 12.4. The second-order valence-corrected chi connectivity index (χ2v) is 15.5. The van der Waals surface area contributed by atoms with E-state index in [1.807, 2.05) is 0 Å². The van der Waals surface area contributed by atoms with Crippen LogP contribution in [0.3, 0.4) is 0 Å². The highest BCUT2D eigenvalue weighted by Gasteiger charge is 2.66. The summed E-state index contributed by atoms with van der Waals surface area (Å²) in [4.78, 5) is 11.9. The largest absolute Gasteiger partial charge is 0.391 e. The van der Waals surface area contributed by atoms with Gasteiger partial charge in [-0.15, -0.1) is 0 Å². The number of hydrogen-bond acceptors (Lipinski definition) is 3. The molecule has 0 aromatic carbocycles. The third kappa shape index (κ3) is 2.83. The van der Waals surface area contributed by atoms with E-state index in [2.05, 4.69) is 33.5 Å². The Morgan fingerprint density at radius 1 is 1.15 bits per heavy atom. The highest BCUT2D eigenvalue weighted by molar-refractivity contribution is 6.69. The molecule has 27 heavy (non-hydrogen) atoms. The topological polar surface area (TPSA) is 46.5 Å². The van der Waals surface area contributed by atoms with Gasteiger partial charge in [0, 0.05) is 18.3 Å². The first-order valence-electron chi connectivity index (χ1n) is 10.7. The molecule has 0 heterocycles. The molecule has 0 aliphatic heterocycles. The van der Waals surface area contributed by atoms with Crippen molar-refractivity contribution >= 4 is 14.1 Å². The van der Waals surface area contributed by atoms with Crippen molar-refractivity contribution in [2.75, 3.05) is 0 Å². The van der Waals surface area contributed by atoms with Gasteiger partial charge in [-0.1, -0.05) is 13.8 Å². The predicted molar refractivity (Wildman–Crippen MR) is 106 cm³/mol. The molecule has 3 saturated carbocycles. The van der Waals surface area contributed by atoms with E-state index in [1.54, 1.807) is 6.08 Å². The van der Waals surface area contributed by atoms with Crippen molar-refractivity contribution in [1.82, 2.24) is 0 Å². The molecule has 4 aliphatic carbocycles. The maximum absolute atomic E-state index is 15.2. The molecule has 7 atom stereocenters. The minimum atomic E-state index is -1.90. The summed E-state index contributed by atoms with van der Waals surface area (Å²) in [7, 11) is -1.90. The lowest BCUT2D eigenvalue weighted by molar-refractivity contribution is -0.236. The minimum Gasteiger partial charge on any atom is -0.391 e. The van der Waals surface area contributed by atoms with Crippen LogP contribution in [0.4, 0.5) is 4.39 Å². The summed E-state index contributed by atoms with van der Waals surface area (Å²) >= 11 is 0. The van der Waals surface area contributed by atoms with Crippen LogP contribution >= 0.6 is 0 Å². The zero-order chi connectivity index (χ0) is 19.8. The number of carbonyl (C=O) groups is 1. The first kappa shape index (κ1) is 19.8. The Balaban J connectivity index is 1.68. The number of alkyl halides is 1. The van der Waals surface area contributed by atoms with E-state index in [0.717, 1.165) is 31.3 Å². The fourth-order valence-electron chi connectivity index (χ4n) is 7.21. The molecule has 1 unspecified atom stereocenters. The molecular weight excluding hydrogens is 359 g/mol. The Morgan fingerprint density at radius 2 is 1.81 bits per heavy atom. The maximum Gasteiger partial charge on any atom is 0.187 e. The smallest absolute Gasteiger partial charge is 0.187 e. The van der Waals surface area contributed by atoms with Crippen LogP contribution in [0.5, 0.6) is 0 Å². The predicted octanol–water partition coefficient (Wildman–Crippen LogP) is 5.01. The summed E-state index contributed by atoms with van der Waals surface area (Å²) in [6, 6.07) is 0. The van der Waals surface area contributed by atoms with Gasteiger partial charge in [0.05, 0.1) is 0 Å². The number of ketones is 1. The zero-order valence-corrected chi connectivity index (χ0v) is 18.5. The molecule has 152 valence electrons. The van der Waals surface area contributed by atoms with Crippen LogP contribution in [0, 0.1) is 28.6 Å². The van der Waals surface area contributed by atoms with Crippen molar-refractivity contribution in [3.05, 3.63) is 11.6 Å². The third-order valence-electron chi connectivity index (χ3n) is 8.49. The van der Waals surface area contributed by atoms with Gasteiger partial charge in [-0.25, -0.2) is 4.39 Å². The quantitative estimate of drug-likeness (QED) is 0.529. The summed E-state index contributed by atoms with van der Waals surface area (Å²) < 4.78 is 21.6. The summed E-state index contributed by atoms with van der Waals surface area (Å²) in [6.45, 7) is 10.8. The van der Waals surface area contributed by atoms with Crippen molar-refractivity contribution in [2.24, 2.45) is 28.6 Å². The first-order valence-corrected chi connectivity index (χ1v) is 14.1. The lowest BCUT2D eigenvalue weighted by Gasteiger charge is -2.59. The van der Waals surface area contributed by atoms with E-state index in [4.69, 9.17) is 4.43 Å². The van der Waals surface area contributed by atoms with Crippen molar-refractivity contribution < 1.29 is 18.7 Å². The Morgan fingerprint density at radius 3 is 2.48 bits per heavy atom. The van der Waals surface area contributed by atoms with Gasteiger partial charge in [0.1, 0.15) is 6.17 Å². The minimum absolute atomic E-state index is 0.0861. The fraction of sp³-hybridized carbons (Fsp3) is 0.864. The van der Waals surface area contributed by atoms with Crippen LogP contribution < -0.4 is 0 Å². The Kier molecular flexibility index (Phi) is 4.39. The molecule has 0 saturated heterocycles. The van der Waals surface area contributed by atoms with Gasteiger partial charge in [0.25, 0.3) is 0 Å². The van der Waals surface area contributed by atoms with Gasteiger partial charge < -0.3 is 9.53 Å². The van der Waals surface area contributed by atoms with Crippen LogP contribution in [0.1, 0.15) is 58.8 Å². The third-order valence-corrected chi connectivity index (χ3v) is 9.44. The van der Waals surface area contributed by atoms with Gasteiger partial charge in [0.15, 0.2) is 19.9 Å². The summed E-state index contributed by atoms with van der Waals surface area (Å²) in [5, 5.41) is 11.5. The van der Waals surface area contributed by atoms with Crippen LogP contribution in [0.15, 0.2) is 11.6 Å². The van der Waals surface area contributed by atoms with Crippen LogP contribution in [0.2, 0.25) is 19.6 Å². The number of allylic oxidation sites excluding steroid dienone is 1. The highest BCUT2D eigenvalue weighted by atomic mass is 28.4. The lowest BCUT2D eigenvalue weighted by atomic mass is 9.47. The SMILES string of the molecule is C[C@]12CCC(=O)C=C1C(F)C[C@@H]1[C@@H]2CC[C@@]2(C)[C@H]1CC[C@]2(O)O[Si](C)(C)C. The molecule has 3 nitrogen and oxygen atoms in total. The molecule has 4 aliphatic rings. The van der Waals surface area contributed by atoms with Gasteiger partial charge in [0.2, 0.25) is 0 Å². The van der Waals surface area contributed by atoms with Gasteiger partial charge >= 0.3 is 0 Å². The molecule has 0 spiro atoms. The van der Waals surface area contributed by atoms with Gasteiger partial charge in [-0.2, -0.15) is 0 Å². The molecular formula is C22H35FO3Si. The zero-order valence-electron chi connectivity index (χ0n) is 17.5. The number of aliphatic hydroxyl groups is 1. The normalized spacial score (nSPS) is 49.9. The van der Waals surface area contributed by atoms with Crippen molar-refractivity contribution in [1.29, 1.82) is 0 Å². The van der Waals surface area contributed by atoms with Crippen LogP contribution in [0.25, 0.3) is 0 Å². The van der Waals surface area contributed by atoms with Gasteiger partial charge in [-0.05, 0) is 86.6 Å². The molecule has 3 fully saturated rings. The van der Waals surface area contributed by atoms with Crippen LogP contribution in [-0.4, -0.2) is 31.2 Å². The molecule has 0 amide bonds. The summed E-state index contributed by atoms with van der Waals surface area (Å²) in [6.07, 6.45) is 5.92. The molecule has 0 aromatic rings. The summed E-state index contributed by atoms with van der Waals surface area (Å²) in [5.41, 5.74) is 0.268. The van der Waals surface area contributed by atoms with Crippen molar-refractivity contribution in [3.63, 3.8) is 0 Å². The molecule has 0 radical (unpaired) electrons. The standard InChI is InChI=1S/C22H35FO3Si/c1-20-9-6-14(24)12-18(20)19(23)13-15-16(20)7-10-21(2)17(15)8-11-22(21,25)26-27(3,4)5/h12,15-17,19,25H,6-11,13H2,1-5H3/t15-,16+,17+,19?,20-,21+,22+/m1/s1. The second kappa shape index (κ2) is 5.99. The number of halogens is 1. The Hall–Kier alpha value is -0.523. The van der Waals surface area contributed by atoms with Crippen LogP contribution in [-0.2, 0) is 9.22 Å². The van der Waals surface area contributed by atoms with E-state index < -0.39 is 20.3 Å². The van der Waals surface area contributed by atoms with Crippen molar-refractivity contribution in [2.45, 2.75) is 90.4 Å². The van der Waals surface area contributed by atoms with E-state index in [0.29, 0.717) is 31.1 Å². The van der Waals surface area contributed by atoms with E-state index in [9.17, 15) is 9.90 Å². The van der Waals surface area contributed by atoms with E-state index in [1.165, 1.54) is 0 Å². The molecule has 4 rings (SSSR count). The average Bonchev–Trinajstić information content (AvgIpc) is 2.79.